The Morgan fingerprint density at radius 1 is 1.06 bits per heavy atom. The van der Waals surface area contributed by atoms with Crippen LogP contribution < -0.4 is 14.8 Å². The predicted molar refractivity (Wildman–Crippen MR) is 137 cm³/mol. The van der Waals surface area contributed by atoms with Crippen molar-refractivity contribution in [2.75, 3.05) is 33.9 Å². The lowest BCUT2D eigenvalue weighted by molar-refractivity contribution is -0.130. The number of hydrogen-bond acceptors (Lipinski definition) is 5. The lowest BCUT2D eigenvalue weighted by Crippen LogP contribution is -2.34. The first-order valence-electron chi connectivity index (χ1n) is 11.4. The number of aromatic nitrogens is 2. The molecule has 35 heavy (non-hydrogen) atoms. The highest BCUT2D eigenvalue weighted by molar-refractivity contribution is 5.81. The van der Waals surface area contributed by atoms with Crippen LogP contribution in [0.4, 0.5) is 0 Å². The van der Waals surface area contributed by atoms with Crippen LogP contribution in [0.1, 0.15) is 11.4 Å². The summed E-state index contributed by atoms with van der Waals surface area (Å²) in [6.07, 6.45) is 4.10. The summed E-state index contributed by atoms with van der Waals surface area (Å²) in [5.41, 5.74) is 2.51. The molecule has 0 aliphatic carbocycles. The normalized spacial score (nSPS) is 10.6. The highest BCUT2D eigenvalue weighted by Crippen LogP contribution is 2.27. The lowest BCUT2D eigenvalue weighted by Gasteiger charge is -2.20. The molecule has 1 aromatic heterocycles. The number of hydrogen-bond donors (Lipinski definition) is 1. The number of methoxy groups -OCH3 is 2. The quantitative estimate of drug-likeness (QED) is 0.383. The predicted octanol–water partition coefficient (Wildman–Crippen LogP) is 3.16. The van der Waals surface area contributed by atoms with Gasteiger partial charge in [0.1, 0.15) is 12.4 Å². The summed E-state index contributed by atoms with van der Waals surface area (Å²) >= 11 is 0. The number of para-hydroxylation sites is 2. The van der Waals surface area contributed by atoms with Crippen molar-refractivity contribution in [3.05, 3.63) is 79.2 Å². The maximum atomic E-state index is 13.0. The molecule has 8 heteroatoms. The van der Waals surface area contributed by atoms with E-state index in [1.54, 1.807) is 43.4 Å². The molecule has 2 aromatic carbocycles. The van der Waals surface area contributed by atoms with Gasteiger partial charge < -0.3 is 24.3 Å². The van der Waals surface area contributed by atoms with Crippen molar-refractivity contribution in [3.8, 4) is 11.5 Å². The molecule has 8 nitrogen and oxygen atoms in total. The van der Waals surface area contributed by atoms with Crippen molar-refractivity contribution in [3.63, 3.8) is 0 Å². The molecule has 3 aromatic rings. The maximum Gasteiger partial charge on any atom is 0.243 e. The molecular formula is C27H32N4O4. The summed E-state index contributed by atoms with van der Waals surface area (Å²) in [7, 11) is 3.13. The lowest BCUT2D eigenvalue weighted by atomic mass is 10.1. The number of amides is 2. The van der Waals surface area contributed by atoms with Gasteiger partial charge in [-0.05, 0) is 29.8 Å². The average molecular weight is 477 g/mol. The Hall–Kier alpha value is -4.07. The van der Waals surface area contributed by atoms with Crippen molar-refractivity contribution in [1.29, 1.82) is 0 Å². The van der Waals surface area contributed by atoms with E-state index in [0.717, 1.165) is 22.4 Å². The van der Waals surface area contributed by atoms with E-state index < -0.39 is 0 Å². The molecule has 3 rings (SSSR count). The summed E-state index contributed by atoms with van der Waals surface area (Å²) in [5.74, 6) is 1.77. The molecule has 0 unspecified atom stereocenters. The number of carbonyl (C=O) groups excluding carboxylic acids is 2. The summed E-state index contributed by atoms with van der Waals surface area (Å²) < 4.78 is 12.5. The van der Waals surface area contributed by atoms with Gasteiger partial charge in [-0.3, -0.25) is 9.59 Å². The van der Waals surface area contributed by atoms with Gasteiger partial charge in [0, 0.05) is 26.1 Å². The number of carbonyl (C=O) groups is 2. The molecule has 0 saturated carbocycles. The Labute approximate surface area is 205 Å². The Morgan fingerprint density at radius 2 is 1.77 bits per heavy atom. The second-order valence-electron chi connectivity index (χ2n) is 7.95. The fraction of sp³-hybridized carbons (Fsp3) is 0.296. The largest absolute Gasteiger partial charge is 0.493 e. The van der Waals surface area contributed by atoms with E-state index in [9.17, 15) is 9.59 Å². The van der Waals surface area contributed by atoms with Crippen LogP contribution in [0.25, 0.3) is 11.0 Å². The Bertz CT molecular complexity index is 1190. The molecule has 0 aliphatic rings. The third kappa shape index (κ3) is 6.50. The standard InChI is InChI=1S/C27H32N4O4/c1-5-15-30(16-6-2)27(33)19-31-22-10-8-7-9-21(22)29-25(31)13-14-28-26(32)18-20-11-12-23(34-3)24(17-20)35-4/h5-12,17H,1-2,13-16,18-19H2,3-4H3,(H,28,32). The zero-order valence-electron chi connectivity index (χ0n) is 20.3. The summed E-state index contributed by atoms with van der Waals surface area (Å²) in [4.78, 5) is 31.9. The first-order valence-corrected chi connectivity index (χ1v) is 11.4. The number of nitrogens with one attached hydrogen (secondary N) is 1. The molecule has 0 aliphatic heterocycles. The van der Waals surface area contributed by atoms with E-state index in [4.69, 9.17) is 14.5 Å². The molecule has 0 bridgehead atoms. The molecular weight excluding hydrogens is 444 g/mol. The molecule has 2 amide bonds. The van der Waals surface area contributed by atoms with E-state index in [1.807, 2.05) is 34.9 Å². The smallest absolute Gasteiger partial charge is 0.243 e. The maximum absolute atomic E-state index is 13.0. The molecule has 0 spiro atoms. The van der Waals surface area contributed by atoms with E-state index in [2.05, 4.69) is 18.5 Å². The van der Waals surface area contributed by atoms with Crippen LogP contribution in [0, 0.1) is 0 Å². The van der Waals surface area contributed by atoms with E-state index >= 15 is 0 Å². The molecule has 0 radical (unpaired) electrons. The van der Waals surface area contributed by atoms with Crippen LogP contribution in [-0.4, -0.2) is 60.1 Å². The number of nitrogens with zero attached hydrogens (tertiary/aromatic N) is 3. The first-order chi connectivity index (χ1) is 17.0. The summed E-state index contributed by atoms with van der Waals surface area (Å²) in [5, 5.41) is 2.95. The molecule has 1 heterocycles. The second kappa shape index (κ2) is 12.4. The number of rotatable bonds is 13. The van der Waals surface area contributed by atoms with Crippen LogP contribution in [0.3, 0.4) is 0 Å². The minimum absolute atomic E-state index is 0.0494. The van der Waals surface area contributed by atoms with Gasteiger partial charge in [-0.25, -0.2) is 4.98 Å². The van der Waals surface area contributed by atoms with Gasteiger partial charge >= 0.3 is 0 Å². The number of fused-ring (bicyclic) bond motifs is 1. The zero-order valence-corrected chi connectivity index (χ0v) is 20.3. The first kappa shape index (κ1) is 25.6. The number of benzene rings is 2. The van der Waals surface area contributed by atoms with E-state index in [1.165, 1.54) is 0 Å². The molecule has 0 atom stereocenters. The van der Waals surface area contributed by atoms with Crippen molar-refractivity contribution >= 4 is 22.8 Å². The fourth-order valence-corrected chi connectivity index (χ4v) is 3.87. The van der Waals surface area contributed by atoms with Gasteiger partial charge in [0.15, 0.2) is 11.5 Å². The molecule has 0 saturated heterocycles. The highest BCUT2D eigenvalue weighted by atomic mass is 16.5. The number of ether oxygens (including phenoxy) is 2. The Morgan fingerprint density at radius 3 is 2.46 bits per heavy atom. The van der Waals surface area contributed by atoms with Crippen molar-refractivity contribution in [1.82, 2.24) is 19.8 Å². The van der Waals surface area contributed by atoms with Crippen molar-refractivity contribution < 1.29 is 19.1 Å². The third-order valence-electron chi connectivity index (χ3n) is 5.56. The van der Waals surface area contributed by atoms with Crippen LogP contribution in [0.5, 0.6) is 11.5 Å². The summed E-state index contributed by atoms with van der Waals surface area (Å²) in [6.45, 7) is 8.90. The van der Waals surface area contributed by atoms with E-state index in [0.29, 0.717) is 37.6 Å². The van der Waals surface area contributed by atoms with Gasteiger partial charge in [0.25, 0.3) is 0 Å². The van der Waals surface area contributed by atoms with Crippen LogP contribution >= 0.6 is 0 Å². The highest BCUT2D eigenvalue weighted by Gasteiger charge is 2.17. The SMILES string of the molecule is C=CCN(CC=C)C(=O)Cn1c(CCNC(=O)Cc2ccc(OC)c(OC)c2)nc2ccccc21. The Kier molecular flexibility index (Phi) is 9.06. The van der Waals surface area contributed by atoms with Crippen molar-refractivity contribution in [2.45, 2.75) is 19.4 Å². The monoisotopic (exact) mass is 476 g/mol. The topological polar surface area (TPSA) is 85.7 Å². The van der Waals surface area contributed by atoms with E-state index in [-0.39, 0.29) is 24.8 Å². The second-order valence-corrected chi connectivity index (χ2v) is 7.95. The van der Waals surface area contributed by atoms with Crippen molar-refractivity contribution in [2.24, 2.45) is 0 Å². The zero-order chi connectivity index (χ0) is 25.2. The fourth-order valence-electron chi connectivity index (χ4n) is 3.87. The van der Waals surface area contributed by atoms with Gasteiger partial charge in [-0.15, -0.1) is 13.2 Å². The summed E-state index contributed by atoms with van der Waals surface area (Å²) in [6, 6.07) is 13.1. The van der Waals surface area contributed by atoms with Gasteiger partial charge in [0.05, 0.1) is 31.7 Å². The van der Waals surface area contributed by atoms with Crippen LogP contribution in [0.15, 0.2) is 67.8 Å². The third-order valence-corrected chi connectivity index (χ3v) is 5.56. The minimum atomic E-state index is -0.112. The average Bonchev–Trinajstić information content (AvgIpc) is 3.20. The van der Waals surface area contributed by atoms with Gasteiger partial charge in [-0.2, -0.15) is 0 Å². The molecule has 1 N–H and O–H groups in total. The van der Waals surface area contributed by atoms with Gasteiger partial charge in [-0.1, -0.05) is 30.4 Å². The van der Waals surface area contributed by atoms with Gasteiger partial charge in [0.2, 0.25) is 11.8 Å². The van der Waals surface area contributed by atoms with Crippen LogP contribution in [-0.2, 0) is 29.0 Å². The minimum Gasteiger partial charge on any atom is -0.493 e. The van der Waals surface area contributed by atoms with Crippen LogP contribution in [0.2, 0.25) is 0 Å². The molecule has 0 fully saturated rings. The molecule has 184 valence electrons. The number of imidazole rings is 1. The Balaban J connectivity index is 1.68.